The molecule has 1 amide bonds. The lowest BCUT2D eigenvalue weighted by Crippen LogP contribution is -2.18. The van der Waals surface area contributed by atoms with Crippen LogP contribution in [0.5, 0.6) is 0 Å². The van der Waals surface area contributed by atoms with Gasteiger partial charge >= 0.3 is 0 Å². The van der Waals surface area contributed by atoms with Gasteiger partial charge in [-0.05, 0) is 24.6 Å². The quantitative estimate of drug-likeness (QED) is 0.808. The Morgan fingerprint density at radius 2 is 2.04 bits per heavy atom. The van der Waals surface area contributed by atoms with Crippen LogP contribution < -0.4 is 11.1 Å². The molecule has 0 spiro atoms. The monoisotopic (exact) mass is 368 g/mol. The van der Waals surface area contributed by atoms with Crippen molar-refractivity contribution in [1.29, 1.82) is 0 Å². The van der Waals surface area contributed by atoms with Crippen LogP contribution in [0.4, 0.5) is 11.5 Å². The number of halogens is 1. The Labute approximate surface area is 145 Å². The average Bonchev–Trinajstić information content (AvgIpc) is 2.49. The van der Waals surface area contributed by atoms with E-state index in [0.717, 1.165) is 12.7 Å². The molecular weight excluding hydrogens is 352 g/mol. The number of benzene rings is 1. The largest absolute Gasteiger partial charge is 0.364 e. The lowest BCUT2D eigenvalue weighted by atomic mass is 10.2. The van der Waals surface area contributed by atoms with Crippen molar-refractivity contribution < 1.29 is 13.2 Å². The fourth-order valence-electron chi connectivity index (χ4n) is 2.05. The number of carbonyl (C=O) groups is 1. The number of rotatable bonds is 6. The molecule has 3 N–H and O–H groups in total. The van der Waals surface area contributed by atoms with E-state index in [4.69, 9.17) is 17.3 Å². The van der Waals surface area contributed by atoms with Crippen LogP contribution in [0.25, 0.3) is 0 Å². The Balaban J connectivity index is 2.46. The van der Waals surface area contributed by atoms with Gasteiger partial charge in [-0.15, -0.1) is 0 Å². The maximum atomic E-state index is 11.6. The summed E-state index contributed by atoms with van der Waals surface area (Å²) >= 11 is 6.09. The first-order chi connectivity index (χ1) is 11.2. The number of hydrogen-bond acceptors (Lipinski definition) is 6. The number of aryl methyl sites for hydroxylation is 1. The highest BCUT2D eigenvalue weighted by Crippen LogP contribution is 2.24. The summed E-state index contributed by atoms with van der Waals surface area (Å²) in [7, 11) is -3.36. The first kappa shape index (κ1) is 18.2. The predicted molar refractivity (Wildman–Crippen MR) is 92.4 cm³/mol. The van der Waals surface area contributed by atoms with Gasteiger partial charge in [-0.3, -0.25) is 4.79 Å². The topological polar surface area (TPSA) is 115 Å². The molecule has 128 valence electrons. The molecule has 0 atom stereocenters. The average molecular weight is 369 g/mol. The van der Waals surface area contributed by atoms with Gasteiger partial charge in [0, 0.05) is 11.9 Å². The minimum Gasteiger partial charge on any atom is -0.364 e. The van der Waals surface area contributed by atoms with E-state index in [-0.39, 0.29) is 21.6 Å². The number of nitrogens with one attached hydrogen (secondary N) is 1. The number of nitrogens with zero attached hydrogens (tertiary/aromatic N) is 2. The third-order valence-corrected chi connectivity index (χ3v) is 4.58. The van der Waals surface area contributed by atoms with E-state index in [0.29, 0.717) is 17.8 Å². The molecule has 2 rings (SSSR count). The van der Waals surface area contributed by atoms with Crippen molar-refractivity contribution in [3.63, 3.8) is 0 Å². The lowest BCUT2D eigenvalue weighted by Gasteiger charge is -2.12. The third kappa shape index (κ3) is 4.21. The summed E-state index contributed by atoms with van der Waals surface area (Å²) in [5, 5.41) is 3.02. The first-order valence-electron chi connectivity index (χ1n) is 7.15. The molecule has 1 aromatic carbocycles. The summed E-state index contributed by atoms with van der Waals surface area (Å²) in [6.07, 6.45) is 2.46. The van der Waals surface area contributed by atoms with Gasteiger partial charge in [-0.2, -0.15) is 0 Å². The van der Waals surface area contributed by atoms with Crippen LogP contribution in [0.2, 0.25) is 5.15 Å². The third-order valence-electron chi connectivity index (χ3n) is 3.16. The minimum absolute atomic E-state index is 0.0485. The van der Waals surface area contributed by atoms with Crippen LogP contribution >= 0.6 is 11.6 Å². The van der Waals surface area contributed by atoms with Crippen LogP contribution in [0, 0.1) is 0 Å². The number of aromatic nitrogens is 2. The Morgan fingerprint density at radius 1 is 1.33 bits per heavy atom. The summed E-state index contributed by atoms with van der Waals surface area (Å²) in [4.78, 5) is 20.1. The number of anilines is 2. The fourth-order valence-corrected chi connectivity index (χ4v) is 2.93. The Bertz CT molecular complexity index is 884. The molecule has 0 bridgehead atoms. The summed E-state index contributed by atoms with van der Waals surface area (Å²) in [5.41, 5.74) is 6.23. The van der Waals surface area contributed by atoms with Crippen LogP contribution in [0.15, 0.2) is 29.2 Å². The molecule has 0 saturated carbocycles. The standard InChI is InChI=1S/C15H17ClN4O3S/c1-3-5-11-13(16)20-15(12(19-11)14(17)21)18-9-6-4-7-10(8-9)24(2,22)23/h4,6-8H,3,5H2,1-2H3,(H2,17,21)(H,18,20). The van der Waals surface area contributed by atoms with Crippen molar-refractivity contribution in [3.05, 3.63) is 40.8 Å². The zero-order chi connectivity index (χ0) is 17.9. The predicted octanol–water partition coefficient (Wildman–Crippen LogP) is 2.33. The maximum Gasteiger partial charge on any atom is 0.271 e. The van der Waals surface area contributed by atoms with Gasteiger partial charge in [-0.25, -0.2) is 18.4 Å². The van der Waals surface area contributed by atoms with Gasteiger partial charge in [0.1, 0.15) is 0 Å². The first-order valence-corrected chi connectivity index (χ1v) is 9.42. The van der Waals surface area contributed by atoms with Gasteiger partial charge in [-0.1, -0.05) is 31.0 Å². The van der Waals surface area contributed by atoms with Gasteiger partial charge in [0.2, 0.25) is 0 Å². The SMILES string of the molecule is CCCc1nc(C(N)=O)c(Nc2cccc(S(C)(=O)=O)c2)nc1Cl. The second-order valence-corrected chi connectivity index (χ2v) is 7.57. The Morgan fingerprint density at radius 3 is 2.62 bits per heavy atom. The van der Waals surface area contributed by atoms with Crippen LogP contribution in [-0.2, 0) is 16.3 Å². The van der Waals surface area contributed by atoms with E-state index in [1.165, 1.54) is 12.1 Å². The number of hydrogen-bond donors (Lipinski definition) is 2. The molecule has 2 aromatic rings. The lowest BCUT2D eigenvalue weighted by molar-refractivity contribution is 0.0996. The molecule has 0 aliphatic heterocycles. The highest BCUT2D eigenvalue weighted by Gasteiger charge is 2.17. The van der Waals surface area contributed by atoms with E-state index < -0.39 is 15.7 Å². The Hall–Kier alpha value is -2.19. The van der Waals surface area contributed by atoms with Gasteiger partial charge in [0.05, 0.1) is 10.6 Å². The molecule has 9 heteroatoms. The number of sulfone groups is 1. The highest BCUT2D eigenvalue weighted by atomic mass is 35.5. The Kier molecular flexibility index (Phi) is 5.40. The molecule has 0 unspecified atom stereocenters. The molecule has 0 aliphatic carbocycles. The van der Waals surface area contributed by atoms with Gasteiger partial charge < -0.3 is 11.1 Å². The number of primary amides is 1. The second kappa shape index (κ2) is 7.14. The summed E-state index contributed by atoms with van der Waals surface area (Å²) in [5.74, 6) is -0.670. The van der Waals surface area contributed by atoms with E-state index in [9.17, 15) is 13.2 Å². The van der Waals surface area contributed by atoms with Crippen molar-refractivity contribution in [2.45, 2.75) is 24.7 Å². The summed E-state index contributed by atoms with van der Waals surface area (Å²) in [6, 6.07) is 6.10. The highest BCUT2D eigenvalue weighted by molar-refractivity contribution is 7.90. The summed E-state index contributed by atoms with van der Waals surface area (Å²) in [6.45, 7) is 1.95. The fraction of sp³-hybridized carbons (Fsp3) is 0.267. The van der Waals surface area contributed by atoms with Gasteiger partial charge in [0.25, 0.3) is 5.91 Å². The van der Waals surface area contributed by atoms with Crippen molar-refractivity contribution >= 4 is 38.9 Å². The second-order valence-electron chi connectivity index (χ2n) is 5.20. The number of carbonyl (C=O) groups excluding carboxylic acids is 1. The van der Waals surface area contributed by atoms with E-state index in [1.807, 2.05) is 6.92 Å². The van der Waals surface area contributed by atoms with Crippen molar-refractivity contribution in [1.82, 2.24) is 9.97 Å². The zero-order valence-electron chi connectivity index (χ0n) is 13.2. The molecule has 0 fully saturated rings. The molecule has 1 aromatic heterocycles. The molecule has 1 heterocycles. The molecule has 0 aliphatic rings. The zero-order valence-corrected chi connectivity index (χ0v) is 14.8. The summed E-state index contributed by atoms with van der Waals surface area (Å²) < 4.78 is 23.3. The van der Waals surface area contributed by atoms with E-state index >= 15 is 0 Å². The van der Waals surface area contributed by atoms with Crippen molar-refractivity contribution in [2.75, 3.05) is 11.6 Å². The molecule has 24 heavy (non-hydrogen) atoms. The van der Waals surface area contributed by atoms with Crippen molar-refractivity contribution in [2.24, 2.45) is 5.73 Å². The maximum absolute atomic E-state index is 11.6. The number of nitrogens with two attached hydrogens (primary N) is 1. The molecule has 0 radical (unpaired) electrons. The smallest absolute Gasteiger partial charge is 0.271 e. The minimum atomic E-state index is -3.36. The van der Waals surface area contributed by atoms with Crippen molar-refractivity contribution in [3.8, 4) is 0 Å². The van der Waals surface area contributed by atoms with E-state index in [1.54, 1.807) is 12.1 Å². The number of amides is 1. The molecule has 0 saturated heterocycles. The molecule has 7 nitrogen and oxygen atoms in total. The van der Waals surface area contributed by atoms with Gasteiger partial charge in [0.15, 0.2) is 26.5 Å². The van der Waals surface area contributed by atoms with Crippen LogP contribution in [0.1, 0.15) is 29.5 Å². The molecular formula is C15H17ClN4O3S. The van der Waals surface area contributed by atoms with Crippen LogP contribution in [0.3, 0.4) is 0 Å². The normalized spacial score (nSPS) is 11.3. The van der Waals surface area contributed by atoms with E-state index in [2.05, 4.69) is 15.3 Å². The van der Waals surface area contributed by atoms with Crippen LogP contribution in [-0.4, -0.2) is 30.5 Å².